The third kappa shape index (κ3) is 0.810. The molecule has 0 fully saturated rings. The van der Waals surface area contributed by atoms with Crippen LogP contribution < -0.4 is 4.74 Å². The number of carbonyl (C=O) groups excluding carboxylic acids is 1. The van der Waals surface area contributed by atoms with Crippen LogP contribution in [0.3, 0.4) is 0 Å². The second-order valence-corrected chi connectivity index (χ2v) is 0.919. The summed E-state index contributed by atoms with van der Waals surface area (Å²) in [7, 11) is 0. The third-order valence-electron chi connectivity index (χ3n) is 0.489. The van der Waals surface area contributed by atoms with E-state index in [0.29, 0.717) is 0 Å². The predicted octanol–water partition coefficient (Wildman–Crippen LogP) is -0.395. The highest BCUT2D eigenvalue weighted by Crippen LogP contribution is 1.98. The summed E-state index contributed by atoms with van der Waals surface area (Å²) >= 11 is 0. The molecule has 1 rings (SSSR count). The van der Waals surface area contributed by atoms with Crippen molar-refractivity contribution < 1.29 is 13.9 Å². The van der Waals surface area contributed by atoms with Crippen molar-refractivity contribution >= 4 is 6.47 Å². The molecule has 0 aliphatic rings. The smallest absolute Gasteiger partial charge is 0.396 e. The van der Waals surface area contributed by atoms with Crippen LogP contribution in [0.4, 0.5) is 0 Å². The van der Waals surface area contributed by atoms with Crippen molar-refractivity contribution in [2.24, 2.45) is 0 Å². The van der Waals surface area contributed by atoms with Crippen LogP contribution in [0.5, 0.6) is 6.08 Å². The molecule has 1 heterocycles. The molecule has 5 heteroatoms. The van der Waals surface area contributed by atoms with Gasteiger partial charge in [-0.25, -0.2) is 0 Å². The minimum Gasteiger partial charge on any atom is -0.396 e. The molecule has 0 atom stereocenters. The molecule has 0 unspecified atom stereocenters. The summed E-state index contributed by atoms with van der Waals surface area (Å²) in [5.74, 6) is 0. The molecule has 1 aromatic rings. The summed E-state index contributed by atoms with van der Waals surface area (Å²) in [5, 5.41) is 6.48. The monoisotopic (exact) mass is 114 g/mol. The van der Waals surface area contributed by atoms with E-state index in [0.717, 1.165) is 6.39 Å². The number of nitrogens with zero attached hydrogens (tertiary/aromatic N) is 2. The number of hydrogen-bond acceptors (Lipinski definition) is 5. The topological polar surface area (TPSA) is 65.2 Å². The maximum Gasteiger partial charge on any atom is 0.422 e. The number of aromatic nitrogens is 2. The SMILES string of the molecule is O=COc1nnco1. The van der Waals surface area contributed by atoms with Gasteiger partial charge in [0.25, 0.3) is 0 Å². The van der Waals surface area contributed by atoms with Gasteiger partial charge in [0, 0.05) is 0 Å². The fraction of sp³-hybridized carbons (Fsp3) is 0. The van der Waals surface area contributed by atoms with Crippen LogP contribution in [0.25, 0.3) is 0 Å². The second-order valence-electron chi connectivity index (χ2n) is 0.919. The van der Waals surface area contributed by atoms with E-state index in [1.54, 1.807) is 0 Å². The van der Waals surface area contributed by atoms with E-state index < -0.39 is 0 Å². The van der Waals surface area contributed by atoms with Gasteiger partial charge in [0.05, 0.1) is 0 Å². The molecule has 0 bridgehead atoms. The molecule has 8 heavy (non-hydrogen) atoms. The van der Waals surface area contributed by atoms with E-state index in [-0.39, 0.29) is 12.5 Å². The maximum atomic E-state index is 9.52. The van der Waals surface area contributed by atoms with Gasteiger partial charge in [0.1, 0.15) is 0 Å². The molecule has 1 aromatic heterocycles. The summed E-state index contributed by atoms with van der Waals surface area (Å²) in [6.45, 7) is 0.216. The Morgan fingerprint density at radius 3 is 3.25 bits per heavy atom. The van der Waals surface area contributed by atoms with Crippen molar-refractivity contribution in [1.82, 2.24) is 10.2 Å². The summed E-state index contributed by atoms with van der Waals surface area (Å²) in [4.78, 5) is 9.52. The Kier molecular flexibility index (Phi) is 1.23. The fourth-order valence-electron chi connectivity index (χ4n) is 0.255. The van der Waals surface area contributed by atoms with Gasteiger partial charge in [0.2, 0.25) is 6.39 Å². The van der Waals surface area contributed by atoms with E-state index >= 15 is 0 Å². The Bertz CT molecular complexity index is 159. The minimum atomic E-state index is -0.139. The lowest BCUT2D eigenvalue weighted by molar-refractivity contribution is -0.122. The van der Waals surface area contributed by atoms with E-state index in [1.165, 1.54) is 0 Å². The van der Waals surface area contributed by atoms with Crippen LogP contribution in [-0.4, -0.2) is 16.7 Å². The van der Waals surface area contributed by atoms with Crippen molar-refractivity contribution in [3.8, 4) is 6.08 Å². The van der Waals surface area contributed by atoms with E-state index in [2.05, 4.69) is 19.4 Å². The Morgan fingerprint density at radius 2 is 2.75 bits per heavy atom. The number of carbonyl (C=O) groups is 1. The van der Waals surface area contributed by atoms with Gasteiger partial charge in [-0.2, -0.15) is 0 Å². The molecule has 42 valence electrons. The van der Waals surface area contributed by atoms with Gasteiger partial charge < -0.3 is 9.15 Å². The van der Waals surface area contributed by atoms with Gasteiger partial charge in [-0.15, -0.1) is 5.10 Å². The lowest BCUT2D eigenvalue weighted by atomic mass is 11.3. The zero-order chi connectivity index (χ0) is 5.82. The van der Waals surface area contributed by atoms with Gasteiger partial charge in [-0.1, -0.05) is 5.10 Å². The predicted molar refractivity (Wildman–Crippen MR) is 21.0 cm³/mol. The van der Waals surface area contributed by atoms with Crippen LogP contribution in [0.2, 0.25) is 0 Å². The zero-order valence-corrected chi connectivity index (χ0v) is 3.77. The normalized spacial score (nSPS) is 8.50. The average molecular weight is 114 g/mol. The maximum absolute atomic E-state index is 9.52. The van der Waals surface area contributed by atoms with Gasteiger partial charge >= 0.3 is 12.5 Å². The second kappa shape index (κ2) is 2.06. The zero-order valence-electron chi connectivity index (χ0n) is 3.77. The average Bonchev–Trinajstić information content (AvgIpc) is 2.19. The quantitative estimate of drug-likeness (QED) is 0.489. The molecular formula is C3H2N2O3. The molecule has 0 spiro atoms. The number of hydrogen-bond donors (Lipinski definition) is 0. The highest BCUT2D eigenvalue weighted by molar-refractivity contribution is 5.40. The summed E-state index contributed by atoms with van der Waals surface area (Å²) in [5.41, 5.74) is 0. The number of rotatable bonds is 2. The fourth-order valence-corrected chi connectivity index (χ4v) is 0.255. The van der Waals surface area contributed by atoms with Crippen LogP contribution in [0.1, 0.15) is 0 Å². The van der Waals surface area contributed by atoms with Gasteiger partial charge in [-0.3, -0.25) is 4.79 Å². The van der Waals surface area contributed by atoms with E-state index in [1.807, 2.05) is 0 Å². The van der Waals surface area contributed by atoms with Crippen molar-refractivity contribution in [2.75, 3.05) is 0 Å². The highest BCUT2D eigenvalue weighted by atomic mass is 16.6. The summed E-state index contributed by atoms with van der Waals surface area (Å²) in [6.07, 6.45) is 0.929. The molecule has 0 saturated heterocycles. The van der Waals surface area contributed by atoms with E-state index in [9.17, 15) is 4.79 Å². The minimum absolute atomic E-state index is 0.139. The summed E-state index contributed by atoms with van der Waals surface area (Å²) < 4.78 is 8.52. The Hall–Kier alpha value is -1.39. The van der Waals surface area contributed by atoms with Crippen LogP contribution in [0.15, 0.2) is 10.8 Å². The molecule has 0 N–H and O–H groups in total. The molecule has 0 amide bonds. The number of ether oxygens (including phenoxy) is 1. The van der Waals surface area contributed by atoms with Gasteiger partial charge in [0.15, 0.2) is 0 Å². The Labute approximate surface area is 44.3 Å². The van der Waals surface area contributed by atoms with E-state index in [4.69, 9.17) is 0 Å². The molecule has 5 nitrogen and oxygen atoms in total. The van der Waals surface area contributed by atoms with Crippen LogP contribution in [-0.2, 0) is 4.79 Å². The lowest BCUT2D eigenvalue weighted by Crippen LogP contribution is -1.87. The standard InChI is InChI=1S/C3H2N2O3/c6-2-8-3-5-4-1-7-3/h1-2H. The lowest BCUT2D eigenvalue weighted by Gasteiger charge is -1.79. The molecule has 0 saturated carbocycles. The first-order chi connectivity index (χ1) is 3.93. The first-order valence-electron chi connectivity index (χ1n) is 1.80. The van der Waals surface area contributed by atoms with Crippen molar-refractivity contribution in [3.63, 3.8) is 0 Å². The van der Waals surface area contributed by atoms with Crippen molar-refractivity contribution in [3.05, 3.63) is 6.39 Å². The van der Waals surface area contributed by atoms with Crippen LogP contribution >= 0.6 is 0 Å². The summed E-state index contributed by atoms with van der Waals surface area (Å²) in [6, 6.07) is 0. The van der Waals surface area contributed by atoms with Crippen LogP contribution in [0, 0.1) is 0 Å². The highest BCUT2D eigenvalue weighted by Gasteiger charge is 1.93. The molecule has 0 aliphatic carbocycles. The van der Waals surface area contributed by atoms with Crippen molar-refractivity contribution in [1.29, 1.82) is 0 Å². The Balaban J connectivity index is 2.62. The van der Waals surface area contributed by atoms with Crippen molar-refractivity contribution in [2.45, 2.75) is 0 Å². The molecule has 0 radical (unpaired) electrons. The molecule has 0 aromatic carbocycles. The Morgan fingerprint density at radius 1 is 1.88 bits per heavy atom. The first-order valence-corrected chi connectivity index (χ1v) is 1.80. The first kappa shape index (κ1) is 4.76. The van der Waals surface area contributed by atoms with Gasteiger partial charge in [-0.05, 0) is 0 Å². The molecular weight excluding hydrogens is 112 g/mol. The third-order valence-corrected chi connectivity index (χ3v) is 0.489. The molecule has 0 aliphatic heterocycles. The largest absolute Gasteiger partial charge is 0.422 e.